The molecule has 0 bridgehead atoms. The Bertz CT molecular complexity index is 1360. The minimum atomic E-state index is 0.0814. The molecule has 0 aliphatic carbocycles. The van der Waals surface area contributed by atoms with Crippen LogP contribution in [0.3, 0.4) is 0 Å². The highest BCUT2D eigenvalue weighted by Gasteiger charge is 2.42. The quantitative estimate of drug-likeness (QED) is 0.0481. The van der Waals surface area contributed by atoms with E-state index < -0.39 is 0 Å². The number of nitrogens with one attached hydrogen (secondary N) is 6. The summed E-state index contributed by atoms with van der Waals surface area (Å²) >= 11 is 0. The van der Waals surface area contributed by atoms with Crippen LogP contribution in [0.25, 0.3) is 0 Å². The monoisotopic (exact) mass is 837 g/mol. The molecule has 2 saturated heterocycles. The van der Waals surface area contributed by atoms with E-state index in [0.29, 0.717) is 47.7 Å². The van der Waals surface area contributed by atoms with Crippen LogP contribution in [0.2, 0.25) is 0 Å². The van der Waals surface area contributed by atoms with Gasteiger partial charge in [-0.25, -0.2) is 19.9 Å². The first-order valence-electron chi connectivity index (χ1n) is 23.9. The molecule has 60 heavy (non-hydrogen) atoms. The molecule has 0 radical (unpaired) electrons. The molecule has 14 heteroatoms. The molecule has 0 spiro atoms. The first-order valence-corrected chi connectivity index (χ1v) is 23.9. The van der Waals surface area contributed by atoms with Crippen LogP contribution in [-0.4, -0.2) is 126 Å². The van der Waals surface area contributed by atoms with Crippen LogP contribution in [0.15, 0.2) is 12.7 Å². The Morgan fingerprint density at radius 1 is 0.517 bits per heavy atom. The van der Waals surface area contributed by atoms with Gasteiger partial charge in [-0.05, 0) is 171 Å². The maximum atomic E-state index is 4.82. The van der Waals surface area contributed by atoms with E-state index >= 15 is 0 Å². The van der Waals surface area contributed by atoms with E-state index in [-0.39, 0.29) is 22.2 Å². The Balaban J connectivity index is 1.22. The SMILES string of the molecule is CCN(CC)CCCC(Nc1ncnc(NCCCCCCNc2ncnc(NC(CCCN(CC)CC)C3CC(C)(C)NC(C)(C)C3)n2)n1)C1CC(C)(C)NC(C)(C)C1. The van der Waals surface area contributed by atoms with Gasteiger partial charge in [0.2, 0.25) is 23.8 Å². The Morgan fingerprint density at radius 2 is 0.850 bits per heavy atom. The number of nitrogens with zero attached hydrogens (tertiary/aromatic N) is 8. The fourth-order valence-corrected chi connectivity index (χ4v) is 10.6. The van der Waals surface area contributed by atoms with Gasteiger partial charge in [0.05, 0.1) is 0 Å². The van der Waals surface area contributed by atoms with Gasteiger partial charge in [0, 0.05) is 47.3 Å². The Labute approximate surface area is 365 Å². The Hall–Kier alpha value is -2.94. The molecular formula is C46H88N14. The summed E-state index contributed by atoms with van der Waals surface area (Å²) in [5, 5.41) is 22.2. The number of aromatic nitrogens is 6. The van der Waals surface area contributed by atoms with Crippen LogP contribution in [0, 0.1) is 11.8 Å². The van der Waals surface area contributed by atoms with Crippen LogP contribution >= 0.6 is 0 Å². The van der Waals surface area contributed by atoms with Crippen molar-refractivity contribution >= 4 is 23.8 Å². The van der Waals surface area contributed by atoms with Crippen LogP contribution in [-0.2, 0) is 0 Å². The molecule has 6 N–H and O–H groups in total. The van der Waals surface area contributed by atoms with Crippen LogP contribution in [0.1, 0.15) is 160 Å². The summed E-state index contributed by atoms with van der Waals surface area (Å²) in [5.74, 6) is 3.66. The fraction of sp³-hybridized carbons (Fsp3) is 0.870. The highest BCUT2D eigenvalue weighted by atomic mass is 15.2. The summed E-state index contributed by atoms with van der Waals surface area (Å²) < 4.78 is 0. The number of hydrogen-bond donors (Lipinski definition) is 6. The van der Waals surface area contributed by atoms with Gasteiger partial charge in [-0.2, -0.15) is 9.97 Å². The van der Waals surface area contributed by atoms with Crippen molar-refractivity contribution in [2.75, 3.05) is 73.6 Å². The van der Waals surface area contributed by atoms with E-state index in [2.05, 4.69) is 145 Å². The van der Waals surface area contributed by atoms with Gasteiger partial charge < -0.3 is 41.7 Å². The molecule has 2 aliphatic heterocycles. The second kappa shape index (κ2) is 23.5. The second-order valence-electron chi connectivity index (χ2n) is 20.5. The zero-order valence-corrected chi connectivity index (χ0v) is 40.2. The Morgan fingerprint density at radius 3 is 1.18 bits per heavy atom. The minimum absolute atomic E-state index is 0.0814. The molecule has 2 atom stereocenters. The van der Waals surface area contributed by atoms with Crippen molar-refractivity contribution in [2.45, 2.75) is 194 Å². The summed E-state index contributed by atoms with van der Waals surface area (Å²) in [6.07, 6.45) is 16.5. The number of hydrogen-bond acceptors (Lipinski definition) is 14. The first-order chi connectivity index (χ1) is 28.4. The zero-order valence-electron chi connectivity index (χ0n) is 40.2. The first kappa shape index (κ1) is 49.7. The van der Waals surface area contributed by atoms with Crippen molar-refractivity contribution in [3.63, 3.8) is 0 Å². The van der Waals surface area contributed by atoms with Crippen LogP contribution in [0.5, 0.6) is 0 Å². The molecule has 342 valence electrons. The van der Waals surface area contributed by atoms with Gasteiger partial charge in [0.15, 0.2) is 0 Å². The highest BCUT2D eigenvalue weighted by molar-refractivity contribution is 5.35. The van der Waals surface area contributed by atoms with E-state index in [9.17, 15) is 0 Å². The molecule has 4 rings (SSSR count). The predicted molar refractivity (Wildman–Crippen MR) is 252 cm³/mol. The molecule has 2 aliphatic rings. The number of piperidine rings is 2. The molecule has 2 unspecified atom stereocenters. The van der Waals surface area contributed by atoms with Crippen molar-refractivity contribution in [1.29, 1.82) is 0 Å². The lowest BCUT2D eigenvalue weighted by molar-refractivity contribution is 0.113. The maximum absolute atomic E-state index is 4.82. The third kappa shape index (κ3) is 17.4. The highest BCUT2D eigenvalue weighted by Crippen LogP contribution is 2.38. The van der Waals surface area contributed by atoms with E-state index in [1.54, 1.807) is 12.7 Å². The number of unbranched alkanes of at least 4 members (excludes halogenated alkanes) is 3. The third-order valence-electron chi connectivity index (χ3n) is 12.8. The molecule has 2 fully saturated rings. The van der Waals surface area contributed by atoms with Crippen molar-refractivity contribution in [2.24, 2.45) is 11.8 Å². The number of anilines is 4. The van der Waals surface area contributed by atoms with Gasteiger partial charge >= 0.3 is 0 Å². The van der Waals surface area contributed by atoms with Crippen molar-refractivity contribution in [3.05, 3.63) is 12.7 Å². The van der Waals surface area contributed by atoms with Gasteiger partial charge in [-0.3, -0.25) is 0 Å². The summed E-state index contributed by atoms with van der Waals surface area (Å²) in [5.41, 5.74) is 0.326. The standard InChI is InChI=1S/C46H88N14/c1-13-59(14-2)27-21-23-37(35-29-43(5,6)57-44(7,8)30-35)53-41-51-33-49-39(55-41)47-25-19-17-18-20-26-48-40-50-34-52-42(56-40)54-38(24-22-28-60(15-3)16-4)36-31-45(9,10)58-46(11,12)32-36/h33-38,57-58H,13-32H2,1-12H3,(H2,47,49,51,53,55)(H2,48,50,52,54,56). The lowest BCUT2D eigenvalue weighted by Gasteiger charge is -2.49. The summed E-state index contributed by atoms with van der Waals surface area (Å²) in [7, 11) is 0. The molecule has 0 aromatic carbocycles. The van der Waals surface area contributed by atoms with Gasteiger partial charge in [-0.15, -0.1) is 0 Å². The second-order valence-corrected chi connectivity index (χ2v) is 20.5. The predicted octanol–water partition coefficient (Wildman–Crippen LogP) is 8.06. The zero-order chi connectivity index (χ0) is 43.8. The topological polar surface area (TPSA) is 156 Å². The molecule has 4 heterocycles. The maximum Gasteiger partial charge on any atom is 0.227 e. The summed E-state index contributed by atoms with van der Waals surface area (Å²) in [6, 6.07) is 0.601. The summed E-state index contributed by atoms with van der Waals surface area (Å²) in [4.78, 5) is 32.7. The van der Waals surface area contributed by atoms with Crippen LogP contribution < -0.4 is 31.9 Å². The minimum Gasteiger partial charge on any atom is -0.354 e. The molecule has 2 aromatic heterocycles. The average Bonchev–Trinajstić information content (AvgIpc) is 3.16. The lowest BCUT2D eigenvalue weighted by atomic mass is 9.72. The van der Waals surface area contributed by atoms with Crippen LogP contribution in [0.4, 0.5) is 23.8 Å². The van der Waals surface area contributed by atoms with E-state index in [4.69, 9.17) is 9.97 Å². The fourth-order valence-electron chi connectivity index (χ4n) is 10.6. The smallest absolute Gasteiger partial charge is 0.227 e. The molecule has 0 saturated carbocycles. The number of rotatable bonds is 27. The molecule has 2 aromatic rings. The van der Waals surface area contributed by atoms with Gasteiger partial charge in [-0.1, -0.05) is 40.5 Å². The Kier molecular flexibility index (Phi) is 19.5. The third-order valence-corrected chi connectivity index (χ3v) is 12.8. The lowest BCUT2D eigenvalue weighted by Crippen LogP contribution is -2.60. The van der Waals surface area contributed by atoms with Crippen molar-refractivity contribution in [3.8, 4) is 0 Å². The van der Waals surface area contributed by atoms with E-state index in [1.165, 1.54) is 0 Å². The van der Waals surface area contributed by atoms with Crippen molar-refractivity contribution in [1.82, 2.24) is 50.3 Å². The van der Waals surface area contributed by atoms with Crippen molar-refractivity contribution < 1.29 is 0 Å². The normalized spacial score (nSPS) is 19.9. The van der Waals surface area contributed by atoms with E-state index in [1.807, 2.05) is 0 Å². The average molecular weight is 837 g/mol. The molecule has 0 amide bonds. The molecule has 14 nitrogen and oxygen atoms in total. The van der Waals surface area contributed by atoms with Gasteiger partial charge in [0.1, 0.15) is 12.7 Å². The largest absolute Gasteiger partial charge is 0.354 e. The summed E-state index contributed by atoms with van der Waals surface area (Å²) in [6.45, 7) is 35.9. The van der Waals surface area contributed by atoms with Gasteiger partial charge in [0.25, 0.3) is 0 Å². The molecular weight excluding hydrogens is 749 g/mol. The van der Waals surface area contributed by atoms with E-state index in [0.717, 1.165) is 129 Å².